The molecular weight excluding hydrogens is 406 g/mol. The predicted molar refractivity (Wildman–Crippen MR) is 103 cm³/mol. The van der Waals surface area contributed by atoms with Crippen LogP contribution >= 0.6 is 38.6 Å². The highest BCUT2D eigenvalue weighted by Crippen LogP contribution is 2.25. The Morgan fingerprint density at radius 3 is 2.58 bits per heavy atom. The van der Waals surface area contributed by atoms with E-state index in [2.05, 4.69) is 39.0 Å². The highest BCUT2D eigenvalue weighted by atomic mass is 79.9. The van der Waals surface area contributed by atoms with Crippen LogP contribution in [-0.4, -0.2) is 46.9 Å². The summed E-state index contributed by atoms with van der Waals surface area (Å²) in [6.07, 6.45) is 0. The standard InChI is InChI=1S/C17H16BrN3OS2/c18-15-6-5-14(23-15)17(22)21-9-7-20(8-10-21)11-16-19-12-3-1-2-4-13(12)24-16/h1-6H,7-11H2. The summed E-state index contributed by atoms with van der Waals surface area (Å²) < 4.78 is 2.24. The van der Waals surface area contributed by atoms with Gasteiger partial charge in [-0.2, -0.15) is 0 Å². The fourth-order valence-corrected chi connectivity index (χ4v) is 5.24. The number of hydrogen-bond acceptors (Lipinski definition) is 5. The first-order chi connectivity index (χ1) is 11.7. The van der Waals surface area contributed by atoms with Crippen molar-refractivity contribution >= 4 is 54.7 Å². The Hall–Kier alpha value is -1.28. The van der Waals surface area contributed by atoms with Gasteiger partial charge in [0.05, 0.1) is 25.4 Å². The number of hydrogen-bond donors (Lipinski definition) is 0. The smallest absolute Gasteiger partial charge is 0.264 e. The van der Waals surface area contributed by atoms with Crippen molar-refractivity contribution in [3.05, 3.63) is 50.1 Å². The number of thiophene rings is 1. The summed E-state index contributed by atoms with van der Waals surface area (Å²) in [4.78, 5) is 22.3. The molecule has 24 heavy (non-hydrogen) atoms. The quantitative estimate of drug-likeness (QED) is 0.638. The Morgan fingerprint density at radius 2 is 1.88 bits per heavy atom. The molecule has 2 aromatic heterocycles. The Balaban J connectivity index is 1.36. The van der Waals surface area contributed by atoms with Crippen molar-refractivity contribution in [2.24, 2.45) is 0 Å². The third-order valence-electron chi connectivity index (χ3n) is 4.14. The van der Waals surface area contributed by atoms with Gasteiger partial charge in [-0.1, -0.05) is 12.1 Å². The molecule has 0 spiro atoms. The summed E-state index contributed by atoms with van der Waals surface area (Å²) in [6.45, 7) is 4.22. The molecule has 0 N–H and O–H groups in total. The second kappa shape index (κ2) is 6.92. The van der Waals surface area contributed by atoms with Gasteiger partial charge in [0.2, 0.25) is 0 Å². The lowest BCUT2D eigenvalue weighted by Crippen LogP contribution is -2.48. The molecule has 4 rings (SSSR count). The van der Waals surface area contributed by atoms with E-state index in [1.165, 1.54) is 16.0 Å². The number of piperazine rings is 1. The largest absolute Gasteiger partial charge is 0.335 e. The summed E-state index contributed by atoms with van der Waals surface area (Å²) >= 11 is 6.68. The van der Waals surface area contributed by atoms with Gasteiger partial charge in [0, 0.05) is 26.2 Å². The molecule has 3 aromatic rings. The average molecular weight is 422 g/mol. The summed E-state index contributed by atoms with van der Waals surface area (Å²) in [6, 6.07) is 12.1. The zero-order valence-electron chi connectivity index (χ0n) is 12.9. The van der Waals surface area contributed by atoms with Crippen molar-refractivity contribution < 1.29 is 4.79 Å². The van der Waals surface area contributed by atoms with Gasteiger partial charge in [-0.3, -0.25) is 9.69 Å². The first-order valence-corrected chi connectivity index (χ1v) is 10.2. The highest BCUT2D eigenvalue weighted by molar-refractivity contribution is 9.11. The van der Waals surface area contributed by atoms with E-state index in [1.807, 2.05) is 23.1 Å². The molecule has 1 fully saturated rings. The number of amides is 1. The van der Waals surface area contributed by atoms with Gasteiger partial charge in [-0.05, 0) is 40.2 Å². The molecule has 7 heteroatoms. The van der Waals surface area contributed by atoms with E-state index in [0.717, 1.165) is 51.9 Å². The van der Waals surface area contributed by atoms with E-state index in [0.29, 0.717) is 0 Å². The number of benzene rings is 1. The Morgan fingerprint density at radius 1 is 1.08 bits per heavy atom. The monoisotopic (exact) mass is 421 g/mol. The van der Waals surface area contributed by atoms with Crippen molar-refractivity contribution in [3.63, 3.8) is 0 Å². The van der Waals surface area contributed by atoms with Crippen LogP contribution in [0.1, 0.15) is 14.7 Å². The SMILES string of the molecule is O=C(c1ccc(Br)s1)N1CCN(Cc2nc3ccccc3s2)CC1. The Labute approximate surface area is 156 Å². The summed E-state index contributed by atoms with van der Waals surface area (Å²) in [5.74, 6) is 0.144. The average Bonchev–Trinajstić information content (AvgIpc) is 3.20. The number of halogens is 1. The third-order valence-corrected chi connectivity index (χ3v) is 6.77. The molecule has 1 aliphatic heterocycles. The highest BCUT2D eigenvalue weighted by Gasteiger charge is 2.23. The van der Waals surface area contributed by atoms with Crippen LogP contribution in [0.15, 0.2) is 40.2 Å². The van der Waals surface area contributed by atoms with Crippen molar-refractivity contribution in [1.82, 2.24) is 14.8 Å². The molecule has 1 aromatic carbocycles. The molecular formula is C17H16BrN3OS2. The zero-order valence-corrected chi connectivity index (χ0v) is 16.2. The van der Waals surface area contributed by atoms with Gasteiger partial charge in [0.25, 0.3) is 5.91 Å². The van der Waals surface area contributed by atoms with Crippen molar-refractivity contribution in [3.8, 4) is 0 Å². The lowest BCUT2D eigenvalue weighted by molar-refractivity contribution is 0.0633. The maximum atomic E-state index is 12.5. The molecule has 3 heterocycles. The number of thiazole rings is 1. The van der Waals surface area contributed by atoms with Crippen LogP contribution in [0.5, 0.6) is 0 Å². The maximum Gasteiger partial charge on any atom is 0.264 e. The fraction of sp³-hybridized carbons (Fsp3) is 0.294. The molecule has 0 radical (unpaired) electrons. The lowest BCUT2D eigenvalue weighted by atomic mass is 10.3. The molecule has 0 aliphatic carbocycles. The molecule has 1 aliphatic rings. The van der Waals surface area contributed by atoms with E-state index < -0.39 is 0 Å². The molecule has 1 saturated heterocycles. The zero-order chi connectivity index (χ0) is 16.5. The third kappa shape index (κ3) is 3.39. The number of rotatable bonds is 3. The predicted octanol–water partition coefficient (Wildman–Crippen LogP) is 4.08. The van der Waals surface area contributed by atoms with Gasteiger partial charge in [-0.25, -0.2) is 4.98 Å². The summed E-state index contributed by atoms with van der Waals surface area (Å²) in [5.41, 5.74) is 1.08. The van der Waals surface area contributed by atoms with Crippen LogP contribution in [0.25, 0.3) is 10.2 Å². The molecule has 0 saturated carbocycles. The molecule has 124 valence electrons. The van der Waals surface area contributed by atoms with E-state index in [-0.39, 0.29) is 5.91 Å². The van der Waals surface area contributed by atoms with Crippen LogP contribution in [-0.2, 0) is 6.54 Å². The van der Waals surface area contributed by atoms with Gasteiger partial charge < -0.3 is 4.90 Å². The van der Waals surface area contributed by atoms with Crippen LogP contribution in [0.2, 0.25) is 0 Å². The van der Waals surface area contributed by atoms with E-state index in [9.17, 15) is 4.79 Å². The molecule has 1 amide bonds. The topological polar surface area (TPSA) is 36.4 Å². The number of carbonyl (C=O) groups excluding carboxylic acids is 1. The first kappa shape index (κ1) is 16.2. The molecule has 0 bridgehead atoms. The summed E-state index contributed by atoms with van der Waals surface area (Å²) in [5, 5.41) is 1.15. The number of nitrogens with zero attached hydrogens (tertiary/aromatic N) is 3. The van der Waals surface area contributed by atoms with Crippen LogP contribution in [0.4, 0.5) is 0 Å². The first-order valence-electron chi connectivity index (χ1n) is 7.80. The van der Waals surface area contributed by atoms with Crippen molar-refractivity contribution in [2.45, 2.75) is 6.54 Å². The van der Waals surface area contributed by atoms with E-state index in [4.69, 9.17) is 4.98 Å². The number of aromatic nitrogens is 1. The van der Waals surface area contributed by atoms with Crippen LogP contribution in [0, 0.1) is 0 Å². The van der Waals surface area contributed by atoms with Gasteiger partial charge in [-0.15, -0.1) is 22.7 Å². The molecule has 4 nitrogen and oxygen atoms in total. The molecule has 0 unspecified atom stereocenters. The van der Waals surface area contributed by atoms with E-state index in [1.54, 1.807) is 11.3 Å². The minimum Gasteiger partial charge on any atom is -0.335 e. The number of fused-ring (bicyclic) bond motifs is 1. The van der Waals surface area contributed by atoms with Crippen molar-refractivity contribution in [1.29, 1.82) is 0 Å². The molecule has 0 atom stereocenters. The van der Waals surface area contributed by atoms with Crippen LogP contribution in [0.3, 0.4) is 0 Å². The van der Waals surface area contributed by atoms with Crippen molar-refractivity contribution in [2.75, 3.05) is 26.2 Å². The Bertz CT molecular complexity index is 834. The second-order valence-corrected chi connectivity index (χ2v) is 9.33. The Kier molecular flexibility index (Phi) is 4.67. The van der Waals surface area contributed by atoms with E-state index >= 15 is 0 Å². The minimum absolute atomic E-state index is 0.144. The summed E-state index contributed by atoms with van der Waals surface area (Å²) in [7, 11) is 0. The minimum atomic E-state index is 0.144. The van der Waals surface area contributed by atoms with Gasteiger partial charge >= 0.3 is 0 Å². The fourth-order valence-electron chi connectivity index (χ4n) is 2.87. The lowest BCUT2D eigenvalue weighted by Gasteiger charge is -2.34. The second-order valence-electron chi connectivity index (χ2n) is 5.75. The van der Waals surface area contributed by atoms with Gasteiger partial charge in [0.1, 0.15) is 5.01 Å². The maximum absolute atomic E-state index is 12.5. The normalized spacial score (nSPS) is 16.0. The number of para-hydroxylation sites is 1. The van der Waals surface area contributed by atoms with Crippen LogP contribution < -0.4 is 0 Å². The number of carbonyl (C=O) groups is 1. The van der Waals surface area contributed by atoms with Gasteiger partial charge in [0.15, 0.2) is 0 Å².